The Labute approximate surface area is 118 Å². The summed E-state index contributed by atoms with van der Waals surface area (Å²) >= 11 is 0. The smallest absolute Gasteiger partial charge is 0.168 e. The summed E-state index contributed by atoms with van der Waals surface area (Å²) in [4.78, 5) is 15.8. The van der Waals surface area contributed by atoms with E-state index in [-0.39, 0.29) is 17.5 Å². The van der Waals surface area contributed by atoms with Crippen LogP contribution in [0.1, 0.15) is 55.3 Å². The van der Waals surface area contributed by atoms with E-state index >= 15 is 0 Å². The van der Waals surface area contributed by atoms with Crippen molar-refractivity contribution in [3.63, 3.8) is 0 Å². The molecule has 1 aromatic carbocycles. The van der Waals surface area contributed by atoms with Crippen LogP contribution in [0.25, 0.3) is 10.9 Å². The number of aromatic amines is 1. The van der Waals surface area contributed by atoms with Crippen LogP contribution in [0.15, 0.2) is 24.4 Å². The van der Waals surface area contributed by atoms with E-state index in [4.69, 9.17) is 0 Å². The second-order valence-corrected chi connectivity index (χ2v) is 5.80. The highest BCUT2D eigenvalue weighted by atomic mass is 19.1. The number of fused-ring (bicyclic) bond motifs is 1. The second-order valence-electron chi connectivity index (χ2n) is 5.80. The minimum absolute atomic E-state index is 0.109. The van der Waals surface area contributed by atoms with E-state index in [0.717, 1.165) is 36.6 Å². The summed E-state index contributed by atoms with van der Waals surface area (Å²) in [6, 6.07) is 4.57. The fourth-order valence-corrected chi connectivity index (χ4v) is 3.23. The Balaban J connectivity index is 1.89. The van der Waals surface area contributed by atoms with E-state index in [9.17, 15) is 9.18 Å². The largest absolute Gasteiger partial charge is 0.360 e. The number of Topliss-reactive ketones (excluding diaryl/α,β-unsaturated/α-hetero) is 1. The summed E-state index contributed by atoms with van der Waals surface area (Å²) in [5, 5.41) is 0.719. The van der Waals surface area contributed by atoms with Crippen LogP contribution in [0.3, 0.4) is 0 Å². The van der Waals surface area contributed by atoms with Crippen molar-refractivity contribution in [3.8, 4) is 0 Å². The Hall–Kier alpha value is -1.64. The van der Waals surface area contributed by atoms with Crippen molar-refractivity contribution in [1.29, 1.82) is 0 Å². The molecule has 1 N–H and O–H groups in total. The van der Waals surface area contributed by atoms with Crippen LogP contribution < -0.4 is 0 Å². The van der Waals surface area contributed by atoms with Crippen molar-refractivity contribution in [2.75, 3.05) is 0 Å². The number of hydrogen-bond acceptors (Lipinski definition) is 1. The first kappa shape index (κ1) is 13.3. The first-order valence-corrected chi connectivity index (χ1v) is 7.56. The molecule has 0 spiro atoms. The van der Waals surface area contributed by atoms with Gasteiger partial charge < -0.3 is 4.98 Å². The molecule has 3 rings (SSSR count). The maximum Gasteiger partial charge on any atom is 0.168 e. The predicted octanol–water partition coefficient (Wildman–Crippen LogP) is 4.85. The van der Waals surface area contributed by atoms with E-state index in [2.05, 4.69) is 4.98 Å². The van der Waals surface area contributed by atoms with Gasteiger partial charge in [0.25, 0.3) is 0 Å². The number of hydrogen-bond donors (Lipinski definition) is 1. The van der Waals surface area contributed by atoms with Crippen molar-refractivity contribution in [2.45, 2.75) is 44.9 Å². The number of carbonyl (C=O) groups is 1. The molecule has 0 radical (unpaired) electrons. The third kappa shape index (κ3) is 2.62. The molecule has 1 aromatic heterocycles. The summed E-state index contributed by atoms with van der Waals surface area (Å²) in [5.74, 6) is 0.00475. The van der Waals surface area contributed by atoms with Gasteiger partial charge in [-0.3, -0.25) is 4.79 Å². The number of carbonyl (C=O) groups excluding carboxylic acids is 1. The van der Waals surface area contributed by atoms with Crippen LogP contribution in [0, 0.1) is 11.7 Å². The fraction of sp³-hybridized carbons (Fsp3) is 0.471. The van der Waals surface area contributed by atoms with Gasteiger partial charge >= 0.3 is 0 Å². The molecule has 2 nitrogen and oxygen atoms in total. The molecule has 0 unspecified atom stereocenters. The molecule has 1 fully saturated rings. The lowest BCUT2D eigenvalue weighted by Gasteiger charge is -2.18. The molecule has 1 saturated carbocycles. The minimum atomic E-state index is -0.288. The van der Waals surface area contributed by atoms with E-state index in [0.29, 0.717) is 5.56 Å². The number of ketones is 1. The Bertz CT molecular complexity index is 608. The highest BCUT2D eigenvalue weighted by Crippen LogP contribution is 2.28. The van der Waals surface area contributed by atoms with Crippen LogP contribution in [0.2, 0.25) is 0 Å². The average molecular weight is 273 g/mol. The summed E-state index contributed by atoms with van der Waals surface area (Å²) < 4.78 is 13.4. The van der Waals surface area contributed by atoms with Crippen LogP contribution in [0.4, 0.5) is 4.39 Å². The van der Waals surface area contributed by atoms with Crippen molar-refractivity contribution in [1.82, 2.24) is 4.98 Å². The van der Waals surface area contributed by atoms with Gasteiger partial charge in [0.15, 0.2) is 5.78 Å². The molecule has 0 amide bonds. The number of nitrogens with one attached hydrogen (secondary N) is 1. The number of benzene rings is 1. The molecule has 0 aliphatic heterocycles. The number of halogens is 1. The number of H-pyrrole nitrogens is 1. The molecule has 1 aliphatic rings. The monoisotopic (exact) mass is 273 g/mol. The van der Waals surface area contributed by atoms with Gasteiger partial charge in [-0.15, -0.1) is 0 Å². The molecule has 0 atom stereocenters. The zero-order valence-electron chi connectivity index (χ0n) is 11.6. The first-order valence-electron chi connectivity index (χ1n) is 7.56. The quantitative estimate of drug-likeness (QED) is 0.779. The second kappa shape index (κ2) is 5.78. The topological polar surface area (TPSA) is 32.9 Å². The lowest BCUT2D eigenvalue weighted by molar-refractivity contribution is 0.0900. The molecular formula is C17H20FNO. The summed E-state index contributed by atoms with van der Waals surface area (Å²) in [5.41, 5.74) is 1.49. The van der Waals surface area contributed by atoms with Gasteiger partial charge in [0.05, 0.1) is 0 Å². The van der Waals surface area contributed by atoms with Gasteiger partial charge in [-0.25, -0.2) is 4.39 Å². The molecule has 0 bridgehead atoms. The highest BCUT2D eigenvalue weighted by Gasteiger charge is 2.23. The lowest BCUT2D eigenvalue weighted by atomic mass is 9.85. The molecule has 20 heavy (non-hydrogen) atoms. The highest BCUT2D eigenvalue weighted by molar-refractivity contribution is 6.08. The van der Waals surface area contributed by atoms with Gasteiger partial charge in [0, 0.05) is 28.6 Å². The molecule has 1 heterocycles. The normalized spacial score (nSPS) is 17.9. The number of rotatable bonds is 2. The molecule has 2 aromatic rings. The summed E-state index contributed by atoms with van der Waals surface area (Å²) in [6.45, 7) is 0. The molecule has 106 valence electrons. The van der Waals surface area contributed by atoms with Gasteiger partial charge in [-0.2, -0.15) is 0 Å². The summed E-state index contributed by atoms with van der Waals surface area (Å²) in [6.07, 6.45) is 9.70. The van der Waals surface area contributed by atoms with Crippen LogP contribution in [-0.4, -0.2) is 10.8 Å². The van der Waals surface area contributed by atoms with Gasteiger partial charge in [-0.1, -0.05) is 32.1 Å². The zero-order valence-corrected chi connectivity index (χ0v) is 11.6. The zero-order chi connectivity index (χ0) is 13.9. The third-order valence-electron chi connectivity index (χ3n) is 4.39. The minimum Gasteiger partial charge on any atom is -0.360 e. The van der Waals surface area contributed by atoms with E-state index < -0.39 is 0 Å². The van der Waals surface area contributed by atoms with Crippen molar-refractivity contribution in [2.24, 2.45) is 5.92 Å². The van der Waals surface area contributed by atoms with E-state index in [1.165, 1.54) is 31.4 Å². The van der Waals surface area contributed by atoms with E-state index in [1.54, 1.807) is 12.3 Å². The van der Waals surface area contributed by atoms with Crippen molar-refractivity contribution >= 4 is 16.7 Å². The maximum absolute atomic E-state index is 13.4. The Morgan fingerprint density at radius 1 is 1.10 bits per heavy atom. The van der Waals surface area contributed by atoms with Gasteiger partial charge in [-0.05, 0) is 31.0 Å². The average Bonchev–Trinajstić information content (AvgIpc) is 2.80. The summed E-state index contributed by atoms with van der Waals surface area (Å²) in [7, 11) is 0. The van der Waals surface area contributed by atoms with Crippen LogP contribution in [0.5, 0.6) is 0 Å². The number of aromatic nitrogens is 1. The molecular weight excluding hydrogens is 253 g/mol. The van der Waals surface area contributed by atoms with Crippen LogP contribution >= 0.6 is 0 Å². The van der Waals surface area contributed by atoms with Crippen LogP contribution in [-0.2, 0) is 0 Å². The molecule has 1 aliphatic carbocycles. The van der Waals surface area contributed by atoms with E-state index in [1.807, 2.05) is 0 Å². The fourth-order valence-electron chi connectivity index (χ4n) is 3.23. The Kier molecular flexibility index (Phi) is 3.86. The Morgan fingerprint density at radius 3 is 2.55 bits per heavy atom. The SMILES string of the molecule is O=C(c1c[nH]c2ccc(F)cc12)C1CCCCCCC1. The van der Waals surface area contributed by atoms with Crippen molar-refractivity contribution in [3.05, 3.63) is 35.8 Å². The standard InChI is InChI=1S/C17H20FNO/c18-13-8-9-16-14(10-13)15(11-19-16)17(20)12-6-4-2-1-3-5-7-12/h8-12,19H,1-7H2. The third-order valence-corrected chi connectivity index (χ3v) is 4.39. The first-order chi connectivity index (χ1) is 9.75. The van der Waals surface area contributed by atoms with Gasteiger partial charge in [0.2, 0.25) is 0 Å². The lowest BCUT2D eigenvalue weighted by Crippen LogP contribution is -2.16. The van der Waals surface area contributed by atoms with Crippen molar-refractivity contribution < 1.29 is 9.18 Å². The molecule has 0 saturated heterocycles. The van der Waals surface area contributed by atoms with Gasteiger partial charge in [0.1, 0.15) is 5.82 Å². The maximum atomic E-state index is 13.4. The Morgan fingerprint density at radius 2 is 1.80 bits per heavy atom. The molecule has 3 heteroatoms. The predicted molar refractivity (Wildman–Crippen MR) is 78.4 cm³/mol.